The van der Waals surface area contributed by atoms with E-state index in [1.54, 1.807) is 52.5 Å². The largest absolute Gasteiger partial charge is 0.481 e. The number of alkyl halides is 2. The Bertz CT molecular complexity index is 1160. The van der Waals surface area contributed by atoms with Crippen LogP contribution >= 0.6 is 0 Å². The van der Waals surface area contributed by atoms with Crippen LogP contribution in [0.2, 0.25) is 0 Å². The second kappa shape index (κ2) is 11.1. The Labute approximate surface area is 208 Å². The minimum atomic E-state index is -2.69. The van der Waals surface area contributed by atoms with Gasteiger partial charge in [0.25, 0.3) is 11.9 Å². The third kappa shape index (κ3) is 7.06. The van der Waals surface area contributed by atoms with Crippen LogP contribution in [0.15, 0.2) is 35.0 Å². The third-order valence-electron chi connectivity index (χ3n) is 6.19. The fraction of sp³-hybridized carbons (Fsp3) is 0.542. The maximum Gasteiger partial charge on any atom is 0.328 e. The molecule has 2 fully saturated rings. The van der Waals surface area contributed by atoms with Crippen molar-refractivity contribution in [1.29, 1.82) is 0 Å². The number of aliphatic carboxylic acids is 1. The second-order valence-electron chi connectivity index (χ2n) is 9.48. The SMILES string of the molecule is CC(=O)O.Cc1nc(/C(N)=C(\Cn2ccn(CC3CC3)c2=O)N(C)N)ccc1N1CCCC(F)(F)C1. The van der Waals surface area contributed by atoms with Crippen LogP contribution in [0.25, 0.3) is 5.70 Å². The van der Waals surface area contributed by atoms with Gasteiger partial charge in [0, 0.05) is 45.9 Å². The van der Waals surface area contributed by atoms with Gasteiger partial charge in [-0.25, -0.2) is 24.4 Å². The quantitative estimate of drug-likeness (QED) is 0.384. The predicted octanol–water partition coefficient (Wildman–Crippen LogP) is 2.22. The number of imidazole rings is 1. The summed E-state index contributed by atoms with van der Waals surface area (Å²) in [6.07, 6.45) is 6.20. The second-order valence-corrected chi connectivity index (χ2v) is 9.48. The number of carbonyl (C=O) groups is 1. The molecule has 0 amide bonds. The number of nitrogens with zero attached hydrogens (tertiary/aromatic N) is 5. The highest BCUT2D eigenvalue weighted by molar-refractivity contribution is 5.65. The van der Waals surface area contributed by atoms with Gasteiger partial charge in [-0.1, -0.05) is 0 Å². The van der Waals surface area contributed by atoms with Crippen molar-refractivity contribution < 1.29 is 18.7 Å². The summed E-state index contributed by atoms with van der Waals surface area (Å²) in [6, 6.07) is 3.49. The Hall–Kier alpha value is -3.41. The molecule has 2 aromatic rings. The van der Waals surface area contributed by atoms with Crippen molar-refractivity contribution in [3.8, 4) is 0 Å². The van der Waals surface area contributed by atoms with Crippen LogP contribution < -0.4 is 22.2 Å². The van der Waals surface area contributed by atoms with Crippen molar-refractivity contribution >= 4 is 17.4 Å². The van der Waals surface area contributed by atoms with Gasteiger partial charge in [-0.2, -0.15) is 0 Å². The number of likely N-dealkylation sites (N-methyl/N-ethyl adjacent to an activating group) is 1. The number of aryl methyl sites for hydroxylation is 1. The Morgan fingerprint density at radius 3 is 2.47 bits per heavy atom. The highest BCUT2D eigenvalue weighted by Crippen LogP contribution is 2.32. The molecule has 0 unspecified atom stereocenters. The number of aromatic nitrogens is 3. The van der Waals surface area contributed by atoms with E-state index in [-0.39, 0.29) is 25.2 Å². The van der Waals surface area contributed by atoms with E-state index in [1.807, 2.05) is 0 Å². The average Bonchev–Trinajstić information content (AvgIpc) is 3.53. The lowest BCUT2D eigenvalue weighted by Crippen LogP contribution is -2.43. The molecule has 36 heavy (non-hydrogen) atoms. The summed E-state index contributed by atoms with van der Waals surface area (Å²) in [4.78, 5) is 27.9. The number of hydrogen-bond acceptors (Lipinski definition) is 7. The molecule has 0 spiro atoms. The number of halogens is 2. The summed E-state index contributed by atoms with van der Waals surface area (Å²) in [5.74, 6) is 3.10. The first kappa shape index (κ1) is 27.2. The van der Waals surface area contributed by atoms with E-state index >= 15 is 0 Å². The van der Waals surface area contributed by atoms with Crippen molar-refractivity contribution in [2.45, 2.75) is 58.5 Å². The van der Waals surface area contributed by atoms with E-state index in [0.29, 0.717) is 47.4 Å². The standard InChI is InChI=1S/C22H31F2N7O.C2H4O2/c1-15-18(31-9-3-8-22(23,24)14-31)7-6-17(27-15)20(25)19(28(2)26)13-30-11-10-29(21(30)32)12-16-4-5-16;1-2(3)4/h6-7,10-11,16H,3-5,8-9,12-14,25-26H2,1-2H3;1H3,(H,3,4)/b20-19-;. The molecule has 2 aliphatic rings. The van der Waals surface area contributed by atoms with Gasteiger partial charge in [-0.15, -0.1) is 0 Å². The van der Waals surface area contributed by atoms with E-state index < -0.39 is 11.9 Å². The molecular weight excluding hydrogens is 472 g/mol. The van der Waals surface area contributed by atoms with Gasteiger partial charge in [0.1, 0.15) is 0 Å². The molecule has 1 saturated heterocycles. The number of carboxylic acid groups (broad SMARTS) is 1. The van der Waals surface area contributed by atoms with Crippen molar-refractivity contribution in [3.63, 3.8) is 0 Å². The molecule has 3 heterocycles. The molecule has 1 aliphatic heterocycles. The minimum absolute atomic E-state index is 0.0856. The van der Waals surface area contributed by atoms with Gasteiger partial charge < -0.3 is 20.7 Å². The van der Waals surface area contributed by atoms with Crippen molar-refractivity contribution in [2.75, 3.05) is 25.0 Å². The molecule has 0 bridgehead atoms. The number of piperidine rings is 1. The Morgan fingerprint density at radius 2 is 1.92 bits per heavy atom. The lowest BCUT2D eigenvalue weighted by Gasteiger charge is -2.34. The summed E-state index contributed by atoms with van der Waals surface area (Å²) in [5, 5.41) is 8.80. The average molecular weight is 508 g/mol. The number of allylic oxidation sites excluding steroid dienone is 1. The topological polar surface area (TPSA) is 136 Å². The monoisotopic (exact) mass is 507 g/mol. The minimum Gasteiger partial charge on any atom is -0.481 e. The highest BCUT2D eigenvalue weighted by atomic mass is 19.3. The van der Waals surface area contributed by atoms with E-state index in [0.717, 1.165) is 26.3 Å². The van der Waals surface area contributed by atoms with Crippen molar-refractivity contribution in [1.82, 2.24) is 19.1 Å². The first-order chi connectivity index (χ1) is 16.9. The van der Waals surface area contributed by atoms with Crippen LogP contribution in [0.4, 0.5) is 14.5 Å². The molecule has 1 aliphatic carbocycles. The van der Waals surface area contributed by atoms with Gasteiger partial charge >= 0.3 is 5.69 Å². The zero-order chi connectivity index (χ0) is 26.6. The van der Waals surface area contributed by atoms with E-state index in [1.165, 1.54) is 5.01 Å². The first-order valence-corrected chi connectivity index (χ1v) is 11.9. The molecule has 0 aromatic carbocycles. The lowest BCUT2D eigenvalue weighted by molar-refractivity contribution is -0.134. The normalized spacial score (nSPS) is 17.7. The first-order valence-electron chi connectivity index (χ1n) is 11.9. The fourth-order valence-corrected chi connectivity index (χ4v) is 4.20. The molecule has 10 nitrogen and oxygen atoms in total. The van der Waals surface area contributed by atoms with E-state index in [4.69, 9.17) is 21.5 Å². The number of hydrogen-bond donors (Lipinski definition) is 3. The Morgan fingerprint density at radius 1 is 1.28 bits per heavy atom. The van der Waals surface area contributed by atoms with Crippen LogP contribution in [0, 0.1) is 12.8 Å². The van der Waals surface area contributed by atoms with Crippen LogP contribution in [-0.4, -0.2) is 56.3 Å². The van der Waals surface area contributed by atoms with Gasteiger partial charge in [-0.05, 0) is 44.2 Å². The summed E-state index contributed by atoms with van der Waals surface area (Å²) < 4.78 is 31.0. The van der Waals surface area contributed by atoms with Gasteiger partial charge in [-0.3, -0.25) is 13.9 Å². The number of nitrogens with two attached hydrogens (primary N) is 2. The van der Waals surface area contributed by atoms with E-state index in [9.17, 15) is 13.6 Å². The van der Waals surface area contributed by atoms with Gasteiger partial charge in [0.15, 0.2) is 0 Å². The molecule has 12 heteroatoms. The molecule has 1 saturated carbocycles. The van der Waals surface area contributed by atoms with Crippen molar-refractivity contribution in [2.24, 2.45) is 17.5 Å². The van der Waals surface area contributed by atoms with Gasteiger partial charge in [0.05, 0.1) is 41.6 Å². The van der Waals surface area contributed by atoms with Crippen LogP contribution in [0.3, 0.4) is 0 Å². The lowest BCUT2D eigenvalue weighted by atomic mass is 10.1. The summed E-state index contributed by atoms with van der Waals surface area (Å²) in [5.41, 5.74) is 8.99. The smallest absolute Gasteiger partial charge is 0.328 e. The summed E-state index contributed by atoms with van der Waals surface area (Å²) >= 11 is 0. The molecule has 2 aromatic heterocycles. The number of carboxylic acids is 1. The molecule has 0 atom stereocenters. The Kier molecular flexibility index (Phi) is 8.39. The van der Waals surface area contributed by atoms with Gasteiger partial charge in [0.2, 0.25) is 0 Å². The highest BCUT2D eigenvalue weighted by Gasteiger charge is 2.35. The number of rotatable bonds is 7. The number of anilines is 1. The summed E-state index contributed by atoms with van der Waals surface area (Å²) in [7, 11) is 1.66. The molecule has 4 rings (SSSR count). The number of hydrazine groups is 1. The van der Waals surface area contributed by atoms with Crippen molar-refractivity contribution in [3.05, 3.63) is 52.1 Å². The fourth-order valence-electron chi connectivity index (χ4n) is 4.20. The zero-order valence-electron chi connectivity index (χ0n) is 21.0. The summed E-state index contributed by atoms with van der Waals surface area (Å²) in [6.45, 7) is 4.07. The predicted molar refractivity (Wildman–Crippen MR) is 133 cm³/mol. The molecule has 5 N–H and O–H groups in total. The molecular formula is C24H35F2N7O3. The molecule has 0 radical (unpaired) electrons. The third-order valence-corrected chi connectivity index (χ3v) is 6.19. The number of pyridine rings is 1. The van der Waals surface area contributed by atoms with Crippen LogP contribution in [0.5, 0.6) is 0 Å². The zero-order valence-corrected chi connectivity index (χ0v) is 21.0. The molecule has 198 valence electrons. The Balaban J connectivity index is 0.000000840. The maximum atomic E-state index is 13.9. The van der Waals surface area contributed by atoms with Crippen LogP contribution in [0.1, 0.15) is 44.0 Å². The van der Waals surface area contributed by atoms with Crippen LogP contribution in [-0.2, 0) is 17.9 Å². The maximum absolute atomic E-state index is 13.9. The van der Waals surface area contributed by atoms with E-state index in [2.05, 4.69) is 4.98 Å².